The number of nitrogens with zero attached hydrogens (tertiary/aromatic N) is 5. The van der Waals surface area contributed by atoms with E-state index in [2.05, 4.69) is 25.9 Å². The smallest absolute Gasteiger partial charge is 0.355 e. The van der Waals surface area contributed by atoms with Gasteiger partial charge >= 0.3 is 5.97 Å². The molecule has 4 aromatic carbocycles. The van der Waals surface area contributed by atoms with E-state index in [1.165, 1.54) is 16.2 Å². The molecule has 5 N–H and O–H groups in total. The van der Waals surface area contributed by atoms with E-state index in [1.54, 1.807) is 23.5 Å². The highest BCUT2D eigenvalue weighted by Gasteiger charge is 2.45. The fraction of sp³-hybridized carbons (Fsp3) is 0.377. The Morgan fingerprint density at radius 3 is 2.34 bits per heavy atom. The molecule has 3 aliphatic rings. The van der Waals surface area contributed by atoms with Crippen LogP contribution >= 0.6 is 22.7 Å². The van der Waals surface area contributed by atoms with Crippen molar-refractivity contribution >= 4 is 73.4 Å². The number of anilines is 2. The van der Waals surface area contributed by atoms with E-state index in [1.807, 2.05) is 137 Å². The number of carboxylic acid groups (broad SMARTS) is 1. The summed E-state index contributed by atoms with van der Waals surface area (Å²) in [7, 11) is 0. The number of carbonyl (C=O) groups excluding carboxylic acids is 4. The second kappa shape index (κ2) is 23.0. The van der Waals surface area contributed by atoms with E-state index in [9.17, 15) is 34.2 Å². The highest BCUT2D eigenvalue weighted by Crippen LogP contribution is 2.38. The van der Waals surface area contributed by atoms with Gasteiger partial charge in [-0.2, -0.15) is 0 Å². The van der Waals surface area contributed by atoms with E-state index in [0.29, 0.717) is 65.7 Å². The molecule has 4 atom stereocenters. The lowest BCUT2D eigenvalue weighted by Gasteiger charge is -2.36. The second-order valence-electron chi connectivity index (χ2n) is 22.2. The Kier molecular flexibility index (Phi) is 16.0. The lowest BCUT2D eigenvalue weighted by molar-refractivity contribution is -0.144. The molecule has 0 bridgehead atoms. The number of benzene rings is 4. The Morgan fingerprint density at radius 2 is 1.62 bits per heavy atom. The molecule has 3 unspecified atom stereocenters. The zero-order valence-corrected chi connectivity index (χ0v) is 46.9. The number of hydrogen-bond acceptors (Lipinski definition) is 13. The Hall–Kier alpha value is -7.54. The zero-order chi connectivity index (χ0) is 55.7. The van der Waals surface area contributed by atoms with Gasteiger partial charge in [-0.3, -0.25) is 24.5 Å². The molecule has 0 spiro atoms. The van der Waals surface area contributed by atoms with Gasteiger partial charge in [-0.1, -0.05) is 92.8 Å². The normalized spacial score (nSPS) is 19.1. The summed E-state index contributed by atoms with van der Waals surface area (Å²) < 4.78 is 7.61. The lowest BCUT2D eigenvalue weighted by atomic mass is 9.83. The van der Waals surface area contributed by atoms with Crippen molar-refractivity contribution in [1.29, 1.82) is 0 Å². The van der Waals surface area contributed by atoms with Gasteiger partial charge in [0.05, 0.1) is 44.5 Å². The van der Waals surface area contributed by atoms with Gasteiger partial charge in [0, 0.05) is 43.6 Å². The minimum atomic E-state index is -1.16. The van der Waals surface area contributed by atoms with Gasteiger partial charge in [0.1, 0.15) is 23.7 Å². The van der Waals surface area contributed by atoms with E-state index >= 15 is 0 Å². The number of aliphatic hydroxyl groups is 1. The summed E-state index contributed by atoms with van der Waals surface area (Å²) in [5, 5.41) is 31.0. The number of nitrogens with one attached hydrogen (secondary N) is 3. The largest absolute Gasteiger partial charge is 0.490 e. The summed E-state index contributed by atoms with van der Waals surface area (Å²) in [4.78, 5) is 86.9. The maximum absolute atomic E-state index is 14.4. The average molecular weight is 1100 g/mol. The molecule has 5 heterocycles. The summed E-state index contributed by atoms with van der Waals surface area (Å²) >= 11 is 2.99. The highest BCUT2D eigenvalue weighted by molar-refractivity contribution is 7.22. The first-order valence-electron chi connectivity index (χ1n) is 27.0. The molecular weight excluding hydrogens is 1040 g/mol. The number of amides is 4. The van der Waals surface area contributed by atoms with Crippen LogP contribution < -0.4 is 25.6 Å². The number of carbonyl (C=O) groups is 5. The van der Waals surface area contributed by atoms with Gasteiger partial charge in [-0.15, -0.1) is 11.3 Å². The molecule has 3 aromatic heterocycles. The standard InChI is InChI=1S/C61H66N8O8S2/c1-34-43(44-25-26-51(65-53(44)59(75)76)68-28-27-39-11-9-13-45(46(39)32-68)56(72)67-60-64-47-14-7-8-16-50(47)79-60)12-10-15-49(34)77-42-23-17-37(18-24-42)29-52(71)66-55(61(4,5)6)58(74)69-31-41(70)30-48(69)57(73)63-35(2)38-19-21-40(22-20-38)54-36(3)62-33-78-54/h7-16,19-22,25-26,33,35,37,41-42,48,55,70H,17-18,23-24,27-32H2,1-6H3,(H,63,73)(H,66,71)(H,75,76)(H,64,67,72)/t35?,37?,41-,42?,48?,55?/m1/s1. The maximum Gasteiger partial charge on any atom is 0.355 e. The van der Waals surface area contributed by atoms with Gasteiger partial charge in [-0.05, 0) is 134 Å². The molecule has 2 fully saturated rings. The van der Waals surface area contributed by atoms with E-state index < -0.39 is 35.5 Å². The molecule has 1 saturated heterocycles. The van der Waals surface area contributed by atoms with Crippen molar-refractivity contribution in [3.05, 3.63) is 142 Å². The maximum atomic E-state index is 14.4. The molecule has 79 heavy (non-hydrogen) atoms. The third kappa shape index (κ3) is 12.1. The minimum Gasteiger partial charge on any atom is -0.490 e. The van der Waals surface area contributed by atoms with Gasteiger partial charge in [0.2, 0.25) is 17.7 Å². The molecular formula is C61H66N8O8S2. The molecule has 1 aliphatic carbocycles. The van der Waals surface area contributed by atoms with Crippen LogP contribution in [0.3, 0.4) is 0 Å². The number of hydrogen-bond donors (Lipinski definition) is 5. The summed E-state index contributed by atoms with van der Waals surface area (Å²) in [5.41, 5.74) is 9.13. The van der Waals surface area contributed by atoms with Crippen LogP contribution in [0, 0.1) is 25.2 Å². The van der Waals surface area contributed by atoms with Crippen molar-refractivity contribution in [1.82, 2.24) is 30.5 Å². The minimum absolute atomic E-state index is 0.0141. The number of ether oxygens (including phenoxy) is 1. The summed E-state index contributed by atoms with van der Waals surface area (Å²) in [6.07, 6.45) is 2.79. The lowest BCUT2D eigenvalue weighted by Crippen LogP contribution is -2.58. The Balaban J connectivity index is 0.741. The van der Waals surface area contributed by atoms with Crippen molar-refractivity contribution in [3.63, 3.8) is 0 Å². The van der Waals surface area contributed by atoms with Crippen LogP contribution in [0.15, 0.2) is 103 Å². The molecule has 1 saturated carbocycles. The molecule has 0 radical (unpaired) electrons. The first-order chi connectivity index (χ1) is 37.9. The number of thiazole rings is 2. The van der Waals surface area contributed by atoms with Crippen LogP contribution in [-0.4, -0.2) is 97.0 Å². The number of aromatic carboxylic acids is 1. The quantitative estimate of drug-likeness (QED) is 0.0648. The second-order valence-corrected chi connectivity index (χ2v) is 24.1. The third-order valence-electron chi connectivity index (χ3n) is 15.6. The van der Waals surface area contributed by atoms with Gasteiger partial charge in [0.25, 0.3) is 5.91 Å². The van der Waals surface area contributed by atoms with Crippen LogP contribution in [0.25, 0.3) is 31.8 Å². The molecule has 2 aliphatic heterocycles. The van der Waals surface area contributed by atoms with E-state index in [0.717, 1.165) is 61.4 Å². The van der Waals surface area contributed by atoms with Crippen molar-refractivity contribution in [2.45, 2.75) is 123 Å². The van der Waals surface area contributed by atoms with Crippen LogP contribution in [0.5, 0.6) is 5.75 Å². The Labute approximate surface area is 467 Å². The number of aromatic nitrogens is 3. The van der Waals surface area contributed by atoms with Crippen molar-refractivity contribution in [2.24, 2.45) is 11.3 Å². The number of aliphatic hydroxyl groups excluding tert-OH is 1. The van der Waals surface area contributed by atoms with E-state index in [-0.39, 0.29) is 60.9 Å². The monoisotopic (exact) mass is 1100 g/mol. The predicted molar refractivity (Wildman–Crippen MR) is 307 cm³/mol. The van der Waals surface area contributed by atoms with Gasteiger partial charge in [-0.25, -0.2) is 19.7 Å². The number of β-amino-alcohol motifs (C(OH)–C–C–N with tert-alkyl or cyclic N) is 1. The van der Waals surface area contributed by atoms with Crippen LogP contribution in [0.4, 0.5) is 10.9 Å². The Morgan fingerprint density at radius 1 is 0.861 bits per heavy atom. The molecule has 16 nitrogen and oxygen atoms in total. The fourth-order valence-electron chi connectivity index (χ4n) is 11.2. The highest BCUT2D eigenvalue weighted by atomic mass is 32.1. The zero-order valence-electron chi connectivity index (χ0n) is 45.2. The van der Waals surface area contributed by atoms with Crippen molar-refractivity contribution in [2.75, 3.05) is 23.3 Å². The predicted octanol–water partition coefficient (Wildman–Crippen LogP) is 10.3. The molecule has 10 rings (SSSR count). The third-order valence-corrected chi connectivity index (χ3v) is 17.6. The average Bonchev–Trinajstić information content (AvgIpc) is 4.19. The number of carboxylic acids is 1. The number of rotatable bonds is 15. The van der Waals surface area contributed by atoms with Crippen LogP contribution in [0.2, 0.25) is 0 Å². The van der Waals surface area contributed by atoms with Gasteiger partial charge < -0.3 is 35.4 Å². The number of pyridine rings is 1. The van der Waals surface area contributed by atoms with Crippen molar-refractivity contribution in [3.8, 4) is 27.3 Å². The van der Waals surface area contributed by atoms with Crippen molar-refractivity contribution < 1.29 is 38.9 Å². The topological polar surface area (TPSA) is 216 Å². The number of para-hydroxylation sites is 1. The summed E-state index contributed by atoms with van der Waals surface area (Å²) in [6, 6.07) is 28.4. The van der Waals surface area contributed by atoms with E-state index in [4.69, 9.17) is 9.72 Å². The Bertz CT molecular complexity index is 3400. The summed E-state index contributed by atoms with van der Waals surface area (Å²) in [6.45, 7) is 12.4. The first-order valence-corrected chi connectivity index (χ1v) is 28.7. The SMILES string of the molecule is Cc1ncsc1-c1ccc(C(C)NC(=O)C2C[C@@H](O)CN2C(=O)C(NC(=O)CC2CCC(Oc3cccc(-c4ccc(N5CCc6cccc(C(=O)Nc7nc8ccccc8s7)c6C5)nc4C(=O)O)c3C)CC2)C(C)(C)C)cc1. The summed E-state index contributed by atoms with van der Waals surface area (Å²) in [5.74, 6) is -1.25. The fourth-order valence-corrected chi connectivity index (χ4v) is 12.9. The molecule has 18 heteroatoms. The van der Waals surface area contributed by atoms with Crippen LogP contribution in [0.1, 0.15) is 121 Å². The number of fused-ring (bicyclic) bond motifs is 2. The number of likely N-dealkylation sites (tertiary alicyclic amines) is 1. The molecule has 410 valence electrons. The number of aryl methyl sites for hydroxylation is 1. The molecule has 4 amide bonds. The van der Waals surface area contributed by atoms with Crippen LogP contribution in [-0.2, 0) is 27.3 Å². The van der Waals surface area contributed by atoms with Gasteiger partial charge in [0.15, 0.2) is 10.8 Å². The molecule has 7 aromatic rings. The first kappa shape index (κ1) is 54.8.